The van der Waals surface area contributed by atoms with Gasteiger partial charge in [0.2, 0.25) is 0 Å². The van der Waals surface area contributed by atoms with Crippen LogP contribution < -0.4 is 0 Å². The molecule has 12 heavy (non-hydrogen) atoms. The Labute approximate surface area is 73.9 Å². The smallest absolute Gasteiger partial charge is 0.0257 e. The van der Waals surface area contributed by atoms with Gasteiger partial charge < -0.3 is 0 Å². The van der Waals surface area contributed by atoms with Crippen molar-refractivity contribution in [2.45, 2.75) is 26.2 Å². The van der Waals surface area contributed by atoms with Gasteiger partial charge in [-0.1, -0.05) is 41.5 Å². The Kier molecular flexibility index (Phi) is 1.99. The van der Waals surface area contributed by atoms with Gasteiger partial charge in [0.25, 0.3) is 0 Å². The van der Waals surface area contributed by atoms with E-state index in [-0.39, 0.29) is 0 Å². The zero-order valence-corrected chi connectivity index (χ0v) is 7.51. The van der Waals surface area contributed by atoms with Gasteiger partial charge in [-0.15, -0.1) is 0 Å². The molecule has 0 saturated heterocycles. The van der Waals surface area contributed by atoms with Crippen molar-refractivity contribution in [3.63, 3.8) is 0 Å². The van der Waals surface area contributed by atoms with Crippen LogP contribution in [0.2, 0.25) is 0 Å². The summed E-state index contributed by atoms with van der Waals surface area (Å²) < 4.78 is 0. The number of benzene rings is 1. The SMILES string of the molecule is Cc1ccc(C=C2CCC2)cc1. The fraction of sp³-hybridized carbons (Fsp3) is 0.333. The van der Waals surface area contributed by atoms with Gasteiger partial charge in [-0.2, -0.15) is 0 Å². The molecule has 1 aliphatic carbocycles. The average molecular weight is 158 g/mol. The molecule has 0 heteroatoms. The number of aryl methyl sites for hydroxylation is 1. The Balaban J connectivity index is 2.18. The van der Waals surface area contributed by atoms with Gasteiger partial charge in [-0.25, -0.2) is 0 Å². The van der Waals surface area contributed by atoms with Gasteiger partial charge in [-0.05, 0) is 31.7 Å². The van der Waals surface area contributed by atoms with Crippen molar-refractivity contribution in [3.8, 4) is 0 Å². The van der Waals surface area contributed by atoms with Gasteiger partial charge in [-0.3, -0.25) is 0 Å². The van der Waals surface area contributed by atoms with Gasteiger partial charge in [0.15, 0.2) is 0 Å². The zero-order chi connectivity index (χ0) is 8.39. The molecule has 0 amide bonds. The molecule has 2 rings (SSSR count). The molecule has 0 unspecified atom stereocenters. The molecule has 1 fully saturated rings. The van der Waals surface area contributed by atoms with Crippen molar-refractivity contribution < 1.29 is 0 Å². The van der Waals surface area contributed by atoms with Gasteiger partial charge in [0.1, 0.15) is 0 Å². The van der Waals surface area contributed by atoms with Gasteiger partial charge >= 0.3 is 0 Å². The van der Waals surface area contributed by atoms with Crippen molar-refractivity contribution in [2.24, 2.45) is 0 Å². The average Bonchev–Trinajstić information content (AvgIpc) is 2.00. The van der Waals surface area contributed by atoms with Crippen molar-refractivity contribution >= 4 is 6.08 Å². The highest BCUT2D eigenvalue weighted by Gasteiger charge is 2.07. The van der Waals surface area contributed by atoms with Crippen LogP contribution in [0.15, 0.2) is 29.8 Å². The normalized spacial score (nSPS) is 15.6. The van der Waals surface area contributed by atoms with Crippen molar-refractivity contribution in [3.05, 3.63) is 41.0 Å². The standard InChI is InChI=1S/C12H14/c1-10-5-7-12(8-6-10)9-11-3-2-4-11/h5-9H,2-4H2,1H3. The second-order valence-electron chi connectivity index (χ2n) is 3.57. The maximum atomic E-state index is 2.32. The molecule has 1 aromatic carbocycles. The summed E-state index contributed by atoms with van der Waals surface area (Å²) in [6.07, 6.45) is 6.34. The number of hydrogen-bond acceptors (Lipinski definition) is 0. The van der Waals surface area contributed by atoms with Crippen LogP contribution in [-0.2, 0) is 0 Å². The zero-order valence-electron chi connectivity index (χ0n) is 7.51. The maximum Gasteiger partial charge on any atom is -0.0257 e. The topological polar surface area (TPSA) is 0 Å². The minimum Gasteiger partial charge on any atom is -0.0696 e. The summed E-state index contributed by atoms with van der Waals surface area (Å²) in [4.78, 5) is 0. The Morgan fingerprint density at radius 2 is 1.75 bits per heavy atom. The molecule has 0 bridgehead atoms. The summed E-state index contributed by atoms with van der Waals surface area (Å²) in [5.74, 6) is 0. The van der Waals surface area contributed by atoms with Crippen LogP contribution in [0.1, 0.15) is 30.4 Å². The van der Waals surface area contributed by atoms with E-state index >= 15 is 0 Å². The lowest BCUT2D eigenvalue weighted by Crippen LogP contribution is -1.95. The summed E-state index contributed by atoms with van der Waals surface area (Å²) in [7, 11) is 0. The van der Waals surface area contributed by atoms with E-state index in [4.69, 9.17) is 0 Å². The molecule has 1 aromatic rings. The van der Waals surface area contributed by atoms with Crippen molar-refractivity contribution in [2.75, 3.05) is 0 Å². The highest BCUT2D eigenvalue weighted by Crippen LogP contribution is 2.27. The van der Waals surface area contributed by atoms with E-state index in [2.05, 4.69) is 37.3 Å². The van der Waals surface area contributed by atoms with Crippen LogP contribution in [0, 0.1) is 6.92 Å². The van der Waals surface area contributed by atoms with Crippen LogP contribution >= 0.6 is 0 Å². The van der Waals surface area contributed by atoms with Crippen LogP contribution in [0.4, 0.5) is 0 Å². The van der Waals surface area contributed by atoms with Crippen LogP contribution in [0.5, 0.6) is 0 Å². The fourth-order valence-electron chi connectivity index (χ4n) is 1.42. The Bertz CT molecular complexity index is 284. The predicted molar refractivity (Wildman–Crippen MR) is 53.0 cm³/mol. The number of allylic oxidation sites excluding steroid dienone is 1. The second kappa shape index (κ2) is 3.14. The molecule has 0 nitrogen and oxygen atoms in total. The van der Waals surface area contributed by atoms with Crippen molar-refractivity contribution in [1.29, 1.82) is 0 Å². The quantitative estimate of drug-likeness (QED) is 0.586. The van der Waals surface area contributed by atoms with E-state index in [0.29, 0.717) is 0 Å². The Morgan fingerprint density at radius 3 is 2.25 bits per heavy atom. The third-order valence-corrected chi connectivity index (χ3v) is 2.44. The first kappa shape index (κ1) is 7.60. The highest BCUT2D eigenvalue weighted by atomic mass is 14.1. The molecule has 1 aliphatic rings. The first-order chi connectivity index (χ1) is 5.84. The van der Waals surface area contributed by atoms with E-state index in [1.807, 2.05) is 0 Å². The van der Waals surface area contributed by atoms with Crippen molar-refractivity contribution in [1.82, 2.24) is 0 Å². The third kappa shape index (κ3) is 1.58. The summed E-state index contributed by atoms with van der Waals surface area (Å²) in [5.41, 5.74) is 4.31. The highest BCUT2D eigenvalue weighted by molar-refractivity contribution is 5.54. The number of hydrogen-bond donors (Lipinski definition) is 0. The largest absolute Gasteiger partial charge is 0.0696 e. The second-order valence-corrected chi connectivity index (χ2v) is 3.57. The molecule has 1 saturated carbocycles. The van der Waals surface area contributed by atoms with E-state index in [1.165, 1.54) is 30.4 Å². The van der Waals surface area contributed by atoms with Gasteiger partial charge in [0, 0.05) is 0 Å². The van der Waals surface area contributed by atoms with Crippen LogP contribution in [0.25, 0.3) is 6.08 Å². The molecular weight excluding hydrogens is 144 g/mol. The van der Waals surface area contributed by atoms with E-state index in [9.17, 15) is 0 Å². The predicted octanol–water partition coefficient (Wildman–Crippen LogP) is 3.56. The van der Waals surface area contributed by atoms with Crippen LogP contribution in [-0.4, -0.2) is 0 Å². The maximum absolute atomic E-state index is 2.32. The summed E-state index contributed by atoms with van der Waals surface area (Å²) in [6.45, 7) is 2.13. The molecule has 0 atom stereocenters. The minimum atomic E-state index is 1.31. The molecule has 62 valence electrons. The molecule has 0 N–H and O–H groups in total. The Hall–Kier alpha value is -1.04. The first-order valence-electron chi connectivity index (χ1n) is 4.61. The molecule has 0 spiro atoms. The van der Waals surface area contributed by atoms with E-state index in [1.54, 1.807) is 5.57 Å². The summed E-state index contributed by atoms with van der Waals surface area (Å²) in [6, 6.07) is 8.73. The number of rotatable bonds is 1. The van der Waals surface area contributed by atoms with E-state index < -0.39 is 0 Å². The lowest BCUT2D eigenvalue weighted by molar-refractivity contribution is 0.670. The summed E-state index contributed by atoms with van der Waals surface area (Å²) in [5, 5.41) is 0. The lowest BCUT2D eigenvalue weighted by Gasteiger charge is -2.15. The van der Waals surface area contributed by atoms with Crippen LogP contribution in [0.3, 0.4) is 0 Å². The monoisotopic (exact) mass is 158 g/mol. The molecule has 0 aliphatic heterocycles. The van der Waals surface area contributed by atoms with E-state index in [0.717, 1.165) is 0 Å². The molecular formula is C12H14. The Morgan fingerprint density at radius 1 is 1.08 bits per heavy atom. The first-order valence-corrected chi connectivity index (χ1v) is 4.61. The van der Waals surface area contributed by atoms with Gasteiger partial charge in [0.05, 0.1) is 0 Å². The fourth-order valence-corrected chi connectivity index (χ4v) is 1.42. The molecule has 0 aromatic heterocycles. The molecule has 0 radical (unpaired) electrons. The third-order valence-electron chi connectivity index (χ3n) is 2.44. The minimum absolute atomic E-state index is 1.31. The molecule has 0 heterocycles. The summed E-state index contributed by atoms with van der Waals surface area (Å²) >= 11 is 0. The lowest BCUT2D eigenvalue weighted by atomic mass is 9.91.